The summed E-state index contributed by atoms with van der Waals surface area (Å²) in [5, 5.41) is 9.07. The molecule has 18 heavy (non-hydrogen) atoms. The molecule has 96 valence electrons. The van der Waals surface area contributed by atoms with Gasteiger partial charge < -0.3 is 5.11 Å². The van der Waals surface area contributed by atoms with Crippen LogP contribution in [0, 0.1) is 6.92 Å². The molecule has 0 saturated heterocycles. The van der Waals surface area contributed by atoms with Crippen LogP contribution in [0.1, 0.15) is 10.4 Å². The second-order valence-corrected chi connectivity index (χ2v) is 6.72. The van der Waals surface area contributed by atoms with Gasteiger partial charge >= 0.3 is 0 Å². The summed E-state index contributed by atoms with van der Waals surface area (Å²) in [5.41, 5.74) is 1.24. The number of aromatic nitrogens is 1. The average molecular weight is 284 g/mol. The molecule has 0 spiro atoms. The van der Waals surface area contributed by atoms with Crippen molar-refractivity contribution in [2.24, 2.45) is 0 Å². The molecular weight excluding hydrogens is 272 g/mol. The highest BCUT2D eigenvalue weighted by molar-refractivity contribution is 7.94. The first-order valence-electron chi connectivity index (χ1n) is 5.16. The average Bonchev–Trinajstić information content (AvgIpc) is 2.72. The predicted molar refractivity (Wildman–Crippen MR) is 70.0 cm³/mol. The Morgan fingerprint density at radius 1 is 1.39 bits per heavy atom. The lowest BCUT2D eigenvalue weighted by atomic mass is 10.3. The number of pyridine rings is 1. The van der Waals surface area contributed by atoms with Crippen molar-refractivity contribution in [1.29, 1.82) is 0 Å². The Kier molecular flexibility index (Phi) is 3.65. The highest BCUT2D eigenvalue weighted by atomic mass is 32.2. The van der Waals surface area contributed by atoms with Crippen molar-refractivity contribution in [1.82, 2.24) is 4.98 Å². The van der Waals surface area contributed by atoms with E-state index in [9.17, 15) is 8.42 Å². The molecule has 2 aromatic rings. The van der Waals surface area contributed by atoms with Crippen molar-refractivity contribution in [3.63, 3.8) is 0 Å². The lowest BCUT2D eigenvalue weighted by Gasteiger charge is -2.04. The highest BCUT2D eigenvalue weighted by Crippen LogP contribution is 2.27. The standard InChI is InChI=1S/C11H12N2O3S2/c1-8-6-11(17-10(8)7-14)18(15,16)13-9-2-4-12-5-3-9/h2-6,14H,7H2,1H3,(H,12,13). The van der Waals surface area contributed by atoms with Crippen LogP contribution in [0.3, 0.4) is 0 Å². The maximum Gasteiger partial charge on any atom is 0.271 e. The summed E-state index contributed by atoms with van der Waals surface area (Å²) in [4.78, 5) is 4.47. The first-order chi connectivity index (χ1) is 8.53. The van der Waals surface area contributed by atoms with Crippen molar-refractivity contribution in [3.8, 4) is 0 Å². The molecule has 0 radical (unpaired) electrons. The molecule has 0 bridgehead atoms. The molecule has 2 N–H and O–H groups in total. The Morgan fingerprint density at radius 2 is 2.06 bits per heavy atom. The summed E-state index contributed by atoms with van der Waals surface area (Å²) in [5.74, 6) is 0. The van der Waals surface area contributed by atoms with Crippen LogP contribution in [0.15, 0.2) is 34.8 Å². The monoisotopic (exact) mass is 284 g/mol. The molecule has 0 fully saturated rings. The molecule has 2 rings (SSSR count). The van der Waals surface area contributed by atoms with E-state index in [4.69, 9.17) is 5.11 Å². The number of hydrogen-bond acceptors (Lipinski definition) is 5. The summed E-state index contributed by atoms with van der Waals surface area (Å²) in [6.45, 7) is 1.62. The predicted octanol–water partition coefficient (Wildman–Crippen LogP) is 1.74. The third kappa shape index (κ3) is 2.69. The van der Waals surface area contributed by atoms with E-state index in [1.165, 1.54) is 12.4 Å². The van der Waals surface area contributed by atoms with E-state index in [1.54, 1.807) is 25.1 Å². The molecule has 0 unspecified atom stereocenters. The minimum absolute atomic E-state index is 0.152. The van der Waals surface area contributed by atoms with Crippen LogP contribution < -0.4 is 4.72 Å². The number of sulfonamides is 1. The first kappa shape index (κ1) is 13.0. The van der Waals surface area contributed by atoms with E-state index >= 15 is 0 Å². The fourth-order valence-electron chi connectivity index (χ4n) is 1.40. The third-order valence-electron chi connectivity index (χ3n) is 2.34. The molecule has 0 aliphatic heterocycles. The molecule has 5 nitrogen and oxygen atoms in total. The molecule has 0 aromatic carbocycles. The molecule has 2 heterocycles. The number of hydrogen-bond donors (Lipinski definition) is 2. The zero-order valence-electron chi connectivity index (χ0n) is 9.62. The van der Waals surface area contributed by atoms with Crippen LogP contribution in [0.4, 0.5) is 5.69 Å². The SMILES string of the molecule is Cc1cc(S(=O)(=O)Nc2ccncc2)sc1CO. The van der Waals surface area contributed by atoms with Crippen LogP contribution in [-0.4, -0.2) is 18.5 Å². The third-order valence-corrected chi connectivity index (χ3v) is 5.42. The molecule has 0 atom stereocenters. The number of rotatable bonds is 4. The fourth-order valence-corrected chi connectivity index (χ4v) is 3.91. The quantitative estimate of drug-likeness (QED) is 0.896. The second-order valence-electron chi connectivity index (χ2n) is 3.67. The summed E-state index contributed by atoms with van der Waals surface area (Å²) in [6, 6.07) is 4.70. The molecule has 0 amide bonds. The van der Waals surface area contributed by atoms with Gasteiger partial charge in [-0.3, -0.25) is 9.71 Å². The summed E-state index contributed by atoms with van der Waals surface area (Å²) in [6.07, 6.45) is 3.02. The van der Waals surface area contributed by atoms with E-state index < -0.39 is 10.0 Å². The summed E-state index contributed by atoms with van der Waals surface area (Å²) in [7, 11) is -3.60. The van der Waals surface area contributed by atoms with Gasteiger partial charge in [0.25, 0.3) is 10.0 Å². The van der Waals surface area contributed by atoms with Gasteiger partial charge in [0, 0.05) is 17.3 Å². The van der Waals surface area contributed by atoms with Gasteiger partial charge in [-0.15, -0.1) is 11.3 Å². The van der Waals surface area contributed by atoms with Crippen LogP contribution in [0.2, 0.25) is 0 Å². The highest BCUT2D eigenvalue weighted by Gasteiger charge is 2.18. The molecule has 0 aliphatic rings. The Bertz CT molecular complexity index is 636. The van der Waals surface area contributed by atoms with E-state index in [0.29, 0.717) is 10.6 Å². The van der Waals surface area contributed by atoms with Gasteiger partial charge in [-0.25, -0.2) is 8.42 Å². The summed E-state index contributed by atoms with van der Waals surface area (Å²) < 4.78 is 26.8. The van der Waals surface area contributed by atoms with Crippen molar-refractivity contribution in [3.05, 3.63) is 41.0 Å². The number of thiophene rings is 1. The first-order valence-corrected chi connectivity index (χ1v) is 7.46. The zero-order valence-corrected chi connectivity index (χ0v) is 11.3. The van der Waals surface area contributed by atoms with Crippen molar-refractivity contribution in [2.45, 2.75) is 17.7 Å². The smallest absolute Gasteiger partial charge is 0.271 e. The lowest BCUT2D eigenvalue weighted by molar-refractivity contribution is 0.285. The van der Waals surface area contributed by atoms with Crippen LogP contribution in [0.25, 0.3) is 0 Å². The lowest BCUT2D eigenvalue weighted by Crippen LogP contribution is -2.11. The Morgan fingerprint density at radius 3 is 2.61 bits per heavy atom. The summed E-state index contributed by atoms with van der Waals surface area (Å²) >= 11 is 1.07. The number of aliphatic hydroxyl groups excluding tert-OH is 1. The molecule has 0 aliphatic carbocycles. The number of anilines is 1. The molecule has 0 saturated carbocycles. The minimum atomic E-state index is -3.60. The molecular formula is C11H12N2O3S2. The molecule has 7 heteroatoms. The van der Waals surface area contributed by atoms with E-state index in [-0.39, 0.29) is 10.8 Å². The molecule has 2 aromatic heterocycles. The minimum Gasteiger partial charge on any atom is -0.391 e. The van der Waals surface area contributed by atoms with Crippen molar-refractivity contribution in [2.75, 3.05) is 4.72 Å². The maximum absolute atomic E-state index is 12.1. The second kappa shape index (κ2) is 5.05. The number of nitrogens with one attached hydrogen (secondary N) is 1. The van der Waals surface area contributed by atoms with Gasteiger partial charge in [0.05, 0.1) is 12.3 Å². The maximum atomic E-state index is 12.1. The number of nitrogens with zero attached hydrogens (tertiary/aromatic N) is 1. The van der Waals surface area contributed by atoms with Crippen molar-refractivity contribution < 1.29 is 13.5 Å². The topological polar surface area (TPSA) is 79.3 Å². The van der Waals surface area contributed by atoms with Gasteiger partial charge in [0.15, 0.2) is 0 Å². The number of aryl methyl sites for hydroxylation is 1. The van der Waals surface area contributed by atoms with Crippen LogP contribution in [0.5, 0.6) is 0 Å². The zero-order chi connectivity index (χ0) is 13.2. The van der Waals surface area contributed by atoms with Crippen LogP contribution >= 0.6 is 11.3 Å². The van der Waals surface area contributed by atoms with E-state index in [1.807, 2.05) is 0 Å². The van der Waals surface area contributed by atoms with Gasteiger partial charge in [-0.1, -0.05) is 0 Å². The van der Waals surface area contributed by atoms with Crippen molar-refractivity contribution >= 4 is 27.0 Å². The van der Waals surface area contributed by atoms with Gasteiger partial charge in [-0.05, 0) is 30.7 Å². The Hall–Kier alpha value is -1.44. The van der Waals surface area contributed by atoms with Gasteiger partial charge in [-0.2, -0.15) is 0 Å². The Balaban J connectivity index is 2.31. The van der Waals surface area contributed by atoms with E-state index in [2.05, 4.69) is 9.71 Å². The largest absolute Gasteiger partial charge is 0.391 e. The fraction of sp³-hybridized carbons (Fsp3) is 0.182. The van der Waals surface area contributed by atoms with Gasteiger partial charge in [0.2, 0.25) is 0 Å². The van der Waals surface area contributed by atoms with Crippen LogP contribution in [-0.2, 0) is 16.6 Å². The van der Waals surface area contributed by atoms with E-state index in [0.717, 1.165) is 16.9 Å². The Labute approximate surface area is 109 Å². The normalized spacial score (nSPS) is 11.4. The number of aliphatic hydroxyl groups is 1. The van der Waals surface area contributed by atoms with Gasteiger partial charge in [0.1, 0.15) is 4.21 Å².